The Morgan fingerprint density at radius 2 is 1.67 bits per heavy atom. The van der Waals surface area contributed by atoms with Crippen LogP contribution >= 0.6 is 11.3 Å². The molecule has 4 fully saturated rings. The van der Waals surface area contributed by atoms with Crippen LogP contribution in [0.25, 0.3) is 11.1 Å². The molecule has 15 nitrogen and oxygen atoms in total. The van der Waals surface area contributed by atoms with Crippen LogP contribution in [0, 0.1) is 22.7 Å². The molecule has 6 aliphatic rings. The summed E-state index contributed by atoms with van der Waals surface area (Å²) >= 11 is 1.40. The second-order valence-corrected chi connectivity index (χ2v) is 23.7. The first kappa shape index (κ1) is 53.0. The predicted octanol–water partition coefficient (Wildman–Crippen LogP) is 8.12. The number of alkyl carbamates (subject to hydrolysis) is 1. The Kier molecular flexibility index (Phi) is 14.1. The molecular formula is C59H64FN3O12S. The monoisotopic (exact) mass is 1060 g/mol. The molecule has 3 saturated carbocycles. The molecule has 3 amide bonds. The van der Waals surface area contributed by atoms with E-state index in [1.54, 1.807) is 52.0 Å². The fraction of sp³-hybridized carbons (Fsp3) is 0.458. The summed E-state index contributed by atoms with van der Waals surface area (Å²) in [4.78, 5) is 80.9. The lowest BCUT2D eigenvalue weighted by Gasteiger charge is -2.62. The number of rotatable bonds is 15. The van der Waals surface area contributed by atoms with Gasteiger partial charge in [-0.2, -0.15) is 0 Å². The normalized spacial score (nSPS) is 29.3. The molecule has 1 saturated heterocycles. The molecule has 1 aromatic heterocycles. The number of amides is 3. The van der Waals surface area contributed by atoms with Gasteiger partial charge in [0.25, 0.3) is 0 Å². The smallest absolute Gasteiger partial charge is 0.407 e. The molecule has 0 radical (unpaired) electrons. The quantitative estimate of drug-likeness (QED) is 0.0714. The molecule has 5 aliphatic carbocycles. The molecule has 3 aromatic carbocycles. The fourth-order valence-corrected chi connectivity index (χ4v) is 14.5. The number of halogens is 1. The van der Waals surface area contributed by atoms with Crippen LogP contribution in [0.15, 0.2) is 109 Å². The number of carbonyl (C=O) groups excluding carboxylic acids is 6. The molecule has 0 unspecified atom stereocenters. The molecule has 17 heteroatoms. The molecule has 5 N–H and O–H groups in total. The summed E-state index contributed by atoms with van der Waals surface area (Å²) in [6.45, 7) is 7.51. The third kappa shape index (κ3) is 9.31. The summed E-state index contributed by atoms with van der Waals surface area (Å²) < 4.78 is 42.3. The van der Waals surface area contributed by atoms with Gasteiger partial charge in [0.05, 0.1) is 17.1 Å². The van der Waals surface area contributed by atoms with E-state index in [-0.39, 0.29) is 44.0 Å². The van der Waals surface area contributed by atoms with E-state index in [1.807, 2.05) is 73.7 Å². The van der Waals surface area contributed by atoms with Gasteiger partial charge in [-0.15, -0.1) is 11.3 Å². The van der Waals surface area contributed by atoms with Crippen LogP contribution in [0.4, 0.5) is 14.9 Å². The highest BCUT2D eigenvalue weighted by Gasteiger charge is 2.79. The lowest BCUT2D eigenvalue weighted by atomic mass is 9.44. The average molecular weight is 1060 g/mol. The Labute approximate surface area is 444 Å². The highest BCUT2D eigenvalue weighted by Crippen LogP contribution is 2.72. The van der Waals surface area contributed by atoms with Crippen LogP contribution in [0.1, 0.15) is 112 Å². The number of alkyl halides is 1. The van der Waals surface area contributed by atoms with Crippen molar-refractivity contribution >= 4 is 52.5 Å². The molecular weight excluding hydrogens is 994 g/mol. The van der Waals surface area contributed by atoms with Crippen LogP contribution in [0.5, 0.6) is 0 Å². The zero-order valence-corrected chi connectivity index (χ0v) is 44.0. The predicted molar refractivity (Wildman–Crippen MR) is 280 cm³/mol. The number of ketones is 2. The third-order valence-electron chi connectivity index (χ3n) is 16.9. The summed E-state index contributed by atoms with van der Waals surface area (Å²) in [7, 11) is 0. The molecule has 10 atom stereocenters. The van der Waals surface area contributed by atoms with Crippen molar-refractivity contribution in [1.82, 2.24) is 10.6 Å². The van der Waals surface area contributed by atoms with Crippen molar-refractivity contribution in [2.24, 2.45) is 22.7 Å². The Morgan fingerprint density at radius 1 is 0.947 bits per heavy atom. The molecule has 0 spiro atoms. The minimum atomic E-state index is -2.11. The van der Waals surface area contributed by atoms with Gasteiger partial charge in [-0.05, 0) is 130 Å². The first-order valence-electron chi connectivity index (χ1n) is 26.0. The first-order chi connectivity index (χ1) is 36.2. The minimum absolute atomic E-state index is 0.0498. The second-order valence-electron chi connectivity index (χ2n) is 22.5. The molecule has 2 heterocycles. The van der Waals surface area contributed by atoms with E-state index in [0.717, 1.165) is 32.7 Å². The number of aliphatic hydroxyl groups excluding tert-OH is 2. The standard InChI is InChI=1S/C59H64FN3O12S/c1-55(2,3)74-51(69)22-20-45(63-50(68)30-61-54(71)72-32-42-40-15-8-6-13-38(40)39-14-7-9-16-41(39)42)52(70)62-35-12-10-11-33(25-35)26-37-18-21-46(76-37)53-73-49-28-44-43-19-17-34-27-36(65)23-24-56(34,4)58(43,60)47(66)29-57(44,5)59(49,75-53)48(67)31-64/h6-16,18,21,23-25,27,42-45,47,49,53,64,66H,17,19-20,22,26,28-32H2,1-5H3,(H,61,71)(H,62,70)(H,63,68)/t43-,44-,45-,47-,49+,53+,56-,57-,58-,59+/m0/s1. The topological polar surface area (TPSA) is 216 Å². The van der Waals surface area contributed by atoms with Gasteiger partial charge in [0, 0.05) is 46.1 Å². The van der Waals surface area contributed by atoms with Crippen molar-refractivity contribution in [2.45, 2.75) is 127 Å². The highest BCUT2D eigenvalue weighted by molar-refractivity contribution is 7.12. The van der Waals surface area contributed by atoms with Crippen LogP contribution in [-0.2, 0) is 49.3 Å². The second kappa shape index (κ2) is 20.2. The van der Waals surface area contributed by atoms with Gasteiger partial charge in [0.1, 0.15) is 31.4 Å². The summed E-state index contributed by atoms with van der Waals surface area (Å²) in [6.07, 6.45) is 1.47. The van der Waals surface area contributed by atoms with Gasteiger partial charge in [-0.3, -0.25) is 24.0 Å². The molecule has 1 aliphatic heterocycles. The van der Waals surface area contributed by atoms with Crippen molar-refractivity contribution in [2.75, 3.05) is 25.1 Å². The fourth-order valence-electron chi connectivity index (χ4n) is 13.5. The highest BCUT2D eigenvalue weighted by atomic mass is 32.1. The maximum Gasteiger partial charge on any atom is 0.407 e. The van der Waals surface area contributed by atoms with Gasteiger partial charge in [-0.1, -0.05) is 79.2 Å². The number of Topliss-reactive ketones (excluding diaryl/α,β-unsaturated/α-hetero) is 1. The van der Waals surface area contributed by atoms with E-state index in [2.05, 4.69) is 16.0 Å². The van der Waals surface area contributed by atoms with Crippen molar-refractivity contribution in [3.63, 3.8) is 0 Å². The molecule has 76 heavy (non-hydrogen) atoms. The number of esters is 1. The maximum absolute atomic E-state index is 17.9. The number of benzene rings is 3. The number of thiophene rings is 1. The zero-order valence-electron chi connectivity index (χ0n) is 43.2. The Hall–Kier alpha value is -6.37. The minimum Gasteiger partial charge on any atom is -0.460 e. The first-order valence-corrected chi connectivity index (χ1v) is 26.9. The number of allylic oxidation sites excluding steroid dienone is 4. The van der Waals surface area contributed by atoms with Crippen LogP contribution < -0.4 is 16.0 Å². The van der Waals surface area contributed by atoms with Crippen LogP contribution in [0.3, 0.4) is 0 Å². The summed E-state index contributed by atoms with van der Waals surface area (Å²) in [6, 6.07) is 25.6. The Bertz CT molecular complexity index is 3010. The van der Waals surface area contributed by atoms with E-state index in [0.29, 0.717) is 35.4 Å². The number of aliphatic hydroxyl groups is 2. The van der Waals surface area contributed by atoms with E-state index in [4.69, 9.17) is 18.9 Å². The Morgan fingerprint density at radius 3 is 2.38 bits per heavy atom. The molecule has 400 valence electrons. The SMILES string of the molecule is CC(C)(C)OC(=O)CC[C@H](NC(=O)CNC(=O)OCC1c2ccccc2-c2ccccc21)C(=O)Nc1cccc(Cc2ccc([C@@H]3O[C@@H]4C[C@H]5[C@@H]6CCC7=CC(=O)C=C[C@]7(C)[C@@]6(F)[C@@H](O)C[C@]5(C)[C@]4(C(=O)CO)O3)s2)c1. The van der Waals surface area contributed by atoms with Crippen molar-refractivity contribution in [1.29, 1.82) is 0 Å². The van der Waals surface area contributed by atoms with Gasteiger partial charge >= 0.3 is 12.1 Å². The van der Waals surface area contributed by atoms with E-state index >= 15 is 4.39 Å². The van der Waals surface area contributed by atoms with Gasteiger partial charge in [-0.25, -0.2) is 9.18 Å². The van der Waals surface area contributed by atoms with Gasteiger partial charge in [0.2, 0.25) is 11.8 Å². The number of hydrogen-bond acceptors (Lipinski definition) is 13. The number of carbonyl (C=O) groups is 6. The molecule has 4 aromatic rings. The van der Waals surface area contributed by atoms with Gasteiger partial charge in [0.15, 0.2) is 29.1 Å². The number of nitrogens with one attached hydrogen (secondary N) is 3. The van der Waals surface area contributed by atoms with E-state index in [1.165, 1.54) is 23.5 Å². The number of hydrogen-bond donors (Lipinski definition) is 5. The number of fused-ring (bicyclic) bond motifs is 10. The lowest BCUT2D eigenvalue weighted by Crippen LogP contribution is -2.69. The Balaban J connectivity index is 0.779. The maximum atomic E-state index is 17.9. The average Bonchev–Trinajstić information content (AvgIpc) is 4.25. The number of ether oxygens (including phenoxy) is 4. The van der Waals surface area contributed by atoms with Crippen LogP contribution in [0.2, 0.25) is 0 Å². The summed E-state index contributed by atoms with van der Waals surface area (Å²) in [5.41, 5.74) is -0.713. The van der Waals surface area contributed by atoms with E-state index < -0.39 is 107 Å². The van der Waals surface area contributed by atoms with Gasteiger partial charge < -0.3 is 45.1 Å². The lowest BCUT2D eigenvalue weighted by molar-refractivity contribution is -0.231. The number of anilines is 1. The summed E-state index contributed by atoms with van der Waals surface area (Å²) in [5, 5.41) is 30.4. The van der Waals surface area contributed by atoms with E-state index in [9.17, 15) is 39.0 Å². The van der Waals surface area contributed by atoms with Crippen molar-refractivity contribution < 1.29 is 62.3 Å². The zero-order chi connectivity index (χ0) is 54.0. The molecule has 0 bridgehead atoms. The summed E-state index contributed by atoms with van der Waals surface area (Å²) in [5.74, 6) is -3.91. The largest absolute Gasteiger partial charge is 0.460 e. The van der Waals surface area contributed by atoms with Crippen molar-refractivity contribution in [3.05, 3.63) is 135 Å². The van der Waals surface area contributed by atoms with Crippen LogP contribution in [-0.4, -0.2) is 101 Å². The third-order valence-corrected chi connectivity index (χ3v) is 18.0. The van der Waals surface area contributed by atoms with Crippen molar-refractivity contribution in [3.8, 4) is 11.1 Å². The molecule has 10 rings (SSSR count).